The maximum absolute atomic E-state index is 4.76. The van der Waals surface area contributed by atoms with E-state index in [4.69, 9.17) is 4.74 Å². The summed E-state index contributed by atoms with van der Waals surface area (Å²) >= 11 is 1.80. The molecule has 1 aliphatic carbocycles. The van der Waals surface area contributed by atoms with Crippen molar-refractivity contribution in [3.05, 3.63) is 0 Å². The zero-order valence-corrected chi connectivity index (χ0v) is 8.04. The molecule has 0 amide bonds. The molecule has 1 saturated carbocycles. The molecule has 0 atom stereocenters. The van der Waals surface area contributed by atoms with E-state index >= 15 is 0 Å². The Bertz CT molecular complexity index is 58.3. The summed E-state index contributed by atoms with van der Waals surface area (Å²) in [6.45, 7) is 3.15. The third kappa shape index (κ3) is 11.2. The van der Waals surface area contributed by atoms with Crippen molar-refractivity contribution < 1.29 is 4.74 Å². The van der Waals surface area contributed by atoms with Crippen molar-refractivity contribution in [3.63, 3.8) is 0 Å². The first-order valence-corrected chi connectivity index (χ1v) is 5.18. The smallest absolute Gasteiger partial charge is 0.0552 e. The highest BCUT2D eigenvalue weighted by molar-refractivity contribution is 7.98. The van der Waals surface area contributed by atoms with Gasteiger partial charge in [-0.25, -0.2) is 0 Å². The van der Waals surface area contributed by atoms with Crippen LogP contribution in [0.3, 0.4) is 0 Å². The Labute approximate surface area is 68.5 Å². The predicted molar refractivity (Wildman–Crippen MR) is 48.7 cm³/mol. The number of ether oxygens (including phenoxy) is 1. The molecule has 10 heavy (non-hydrogen) atoms. The van der Waals surface area contributed by atoms with Gasteiger partial charge in [-0.05, 0) is 12.2 Å². The largest absolute Gasteiger partial charge is 0.384 e. The fraction of sp³-hybridized carbons (Fsp3) is 1.00. The number of rotatable bonds is 3. The highest BCUT2D eigenvalue weighted by Gasteiger charge is 2.12. The molecule has 0 aromatic carbocycles. The Morgan fingerprint density at radius 3 is 2.10 bits per heavy atom. The molecule has 0 heterocycles. The van der Waals surface area contributed by atoms with Crippen LogP contribution < -0.4 is 0 Å². The van der Waals surface area contributed by atoms with Crippen molar-refractivity contribution in [2.24, 2.45) is 5.92 Å². The predicted octanol–water partition coefficient (Wildman–Crippen LogP) is 2.41. The summed E-state index contributed by atoms with van der Waals surface area (Å²) in [7, 11) is 1.72. The van der Waals surface area contributed by atoms with Gasteiger partial charge in [-0.15, -0.1) is 0 Å². The highest BCUT2D eigenvalue weighted by Crippen LogP contribution is 2.26. The average molecular weight is 162 g/mol. The van der Waals surface area contributed by atoms with Gasteiger partial charge >= 0.3 is 0 Å². The third-order valence-electron chi connectivity index (χ3n) is 1.36. The molecule has 1 fully saturated rings. The van der Waals surface area contributed by atoms with Gasteiger partial charge in [0.2, 0.25) is 0 Å². The van der Waals surface area contributed by atoms with E-state index in [-0.39, 0.29) is 0 Å². The van der Waals surface area contributed by atoms with Crippen molar-refractivity contribution >= 4 is 11.8 Å². The Morgan fingerprint density at radius 2 is 2.00 bits per heavy atom. The molecule has 2 heteroatoms. The van der Waals surface area contributed by atoms with Crippen molar-refractivity contribution in [3.8, 4) is 0 Å². The Balaban J connectivity index is 0.000000172. The lowest BCUT2D eigenvalue weighted by atomic mass is 10.5. The standard InChI is InChI=1S/C4H10OS.C4H8/c1-5-3-4-6-2;1-4-2-3-4/h3-4H2,1-2H3;4H,2-3H2,1H3. The van der Waals surface area contributed by atoms with Gasteiger partial charge in [0.05, 0.1) is 6.61 Å². The zero-order chi connectivity index (χ0) is 7.82. The normalized spacial score (nSPS) is 15.9. The second-order valence-electron chi connectivity index (χ2n) is 2.67. The first kappa shape index (κ1) is 10.3. The van der Waals surface area contributed by atoms with Gasteiger partial charge in [0.1, 0.15) is 0 Å². The van der Waals surface area contributed by atoms with E-state index in [0.717, 1.165) is 18.3 Å². The minimum atomic E-state index is 0.876. The Kier molecular flexibility index (Phi) is 7.65. The van der Waals surface area contributed by atoms with Gasteiger partial charge in [0.25, 0.3) is 0 Å². The summed E-state index contributed by atoms with van der Waals surface area (Å²) in [6.07, 6.45) is 5.04. The van der Waals surface area contributed by atoms with Gasteiger partial charge in [-0.1, -0.05) is 19.8 Å². The topological polar surface area (TPSA) is 9.23 Å². The van der Waals surface area contributed by atoms with Crippen LogP contribution in [0.2, 0.25) is 0 Å². The molecule has 0 aliphatic heterocycles. The highest BCUT2D eigenvalue weighted by atomic mass is 32.2. The molecule has 0 unspecified atom stereocenters. The molecule has 0 N–H and O–H groups in total. The maximum Gasteiger partial charge on any atom is 0.0552 e. The minimum Gasteiger partial charge on any atom is -0.384 e. The molecule has 0 radical (unpaired) electrons. The van der Waals surface area contributed by atoms with E-state index in [1.165, 1.54) is 12.8 Å². The van der Waals surface area contributed by atoms with Crippen LogP contribution >= 0.6 is 11.8 Å². The van der Waals surface area contributed by atoms with Crippen LogP contribution in [0.1, 0.15) is 19.8 Å². The minimum absolute atomic E-state index is 0.876. The van der Waals surface area contributed by atoms with E-state index < -0.39 is 0 Å². The summed E-state index contributed by atoms with van der Waals surface area (Å²) < 4.78 is 4.76. The lowest BCUT2D eigenvalue weighted by Crippen LogP contribution is -1.88. The molecule has 0 aromatic rings. The van der Waals surface area contributed by atoms with Gasteiger partial charge in [0.15, 0.2) is 0 Å². The summed E-state index contributed by atoms with van der Waals surface area (Å²) in [6, 6.07) is 0. The first-order chi connectivity index (χ1) is 4.81. The van der Waals surface area contributed by atoms with E-state index in [2.05, 4.69) is 13.2 Å². The molecule has 1 aliphatic rings. The van der Waals surface area contributed by atoms with Gasteiger partial charge in [-0.2, -0.15) is 11.8 Å². The fourth-order valence-corrected chi connectivity index (χ4v) is 0.667. The lowest BCUT2D eigenvalue weighted by molar-refractivity contribution is 0.219. The van der Waals surface area contributed by atoms with Crippen molar-refractivity contribution in [2.75, 3.05) is 25.7 Å². The molecular formula is C8H18OS. The van der Waals surface area contributed by atoms with E-state index in [9.17, 15) is 0 Å². The molecule has 0 bridgehead atoms. The van der Waals surface area contributed by atoms with Crippen molar-refractivity contribution in [1.29, 1.82) is 0 Å². The van der Waals surface area contributed by atoms with Crippen LogP contribution in [0.25, 0.3) is 0 Å². The quantitative estimate of drug-likeness (QED) is 0.589. The maximum atomic E-state index is 4.76. The molecule has 0 saturated heterocycles. The van der Waals surface area contributed by atoms with Crippen LogP contribution in [0.4, 0.5) is 0 Å². The Hall–Kier alpha value is 0.310. The molecule has 0 aromatic heterocycles. The monoisotopic (exact) mass is 162 g/mol. The van der Waals surface area contributed by atoms with Gasteiger partial charge in [0, 0.05) is 12.9 Å². The van der Waals surface area contributed by atoms with Crippen molar-refractivity contribution in [1.82, 2.24) is 0 Å². The van der Waals surface area contributed by atoms with E-state index in [0.29, 0.717) is 0 Å². The SMILES string of the molecule is CC1CC1.COCCSC. The second-order valence-corrected chi connectivity index (χ2v) is 3.65. The molecule has 1 nitrogen and oxygen atoms in total. The van der Waals surface area contributed by atoms with Crippen LogP contribution in [0, 0.1) is 5.92 Å². The number of hydrogen-bond acceptors (Lipinski definition) is 2. The third-order valence-corrected chi connectivity index (χ3v) is 1.93. The van der Waals surface area contributed by atoms with Gasteiger partial charge < -0.3 is 4.74 Å². The van der Waals surface area contributed by atoms with Crippen molar-refractivity contribution in [2.45, 2.75) is 19.8 Å². The molecular weight excluding hydrogens is 144 g/mol. The summed E-state index contributed by atoms with van der Waals surface area (Å²) in [4.78, 5) is 0. The summed E-state index contributed by atoms with van der Waals surface area (Å²) in [5.41, 5.74) is 0. The first-order valence-electron chi connectivity index (χ1n) is 3.79. The number of hydrogen-bond donors (Lipinski definition) is 0. The summed E-state index contributed by atoms with van der Waals surface area (Å²) in [5.74, 6) is 2.19. The van der Waals surface area contributed by atoms with Gasteiger partial charge in [-0.3, -0.25) is 0 Å². The van der Waals surface area contributed by atoms with Crippen LogP contribution in [0.5, 0.6) is 0 Å². The zero-order valence-electron chi connectivity index (χ0n) is 7.22. The number of thioether (sulfide) groups is 1. The van der Waals surface area contributed by atoms with Crippen LogP contribution in [-0.2, 0) is 4.74 Å². The lowest BCUT2D eigenvalue weighted by Gasteiger charge is -1.89. The second kappa shape index (κ2) is 7.42. The molecule has 62 valence electrons. The van der Waals surface area contributed by atoms with E-state index in [1.807, 2.05) is 0 Å². The molecule has 1 rings (SSSR count). The molecule has 0 spiro atoms. The summed E-state index contributed by atoms with van der Waals surface area (Å²) in [5, 5.41) is 0. The Morgan fingerprint density at radius 1 is 1.50 bits per heavy atom. The fourth-order valence-electron chi connectivity index (χ4n) is 0.333. The van der Waals surface area contributed by atoms with Crippen LogP contribution in [0.15, 0.2) is 0 Å². The number of methoxy groups -OCH3 is 1. The average Bonchev–Trinajstić information content (AvgIpc) is 2.69. The van der Waals surface area contributed by atoms with E-state index in [1.54, 1.807) is 18.9 Å². The van der Waals surface area contributed by atoms with Crippen LogP contribution in [-0.4, -0.2) is 25.7 Å².